The van der Waals surface area contributed by atoms with Crippen molar-refractivity contribution in [3.63, 3.8) is 0 Å². The van der Waals surface area contributed by atoms with Crippen molar-refractivity contribution in [1.82, 2.24) is 19.5 Å². The number of methoxy groups -OCH3 is 1. The van der Waals surface area contributed by atoms with Gasteiger partial charge in [0.2, 0.25) is 0 Å². The minimum atomic E-state index is -4.32. The van der Waals surface area contributed by atoms with Crippen LogP contribution < -0.4 is 5.73 Å². The van der Waals surface area contributed by atoms with Gasteiger partial charge in [-0.05, 0) is 24.6 Å². The fourth-order valence-electron chi connectivity index (χ4n) is 4.11. The zero-order valence-electron chi connectivity index (χ0n) is 18.7. The summed E-state index contributed by atoms with van der Waals surface area (Å²) in [5.74, 6) is -0.276. The summed E-state index contributed by atoms with van der Waals surface area (Å²) < 4.78 is 31.8. The van der Waals surface area contributed by atoms with Gasteiger partial charge in [-0.3, -0.25) is 9.13 Å². The minimum absolute atomic E-state index is 0.203. The Kier molecular flexibility index (Phi) is 6.53. The normalized spacial score (nSPS) is 32.2. The molecule has 0 spiro atoms. The van der Waals surface area contributed by atoms with Gasteiger partial charge in [-0.25, -0.2) is 15.0 Å². The third-order valence-corrected chi connectivity index (χ3v) is 12.3. The predicted molar refractivity (Wildman–Crippen MR) is 124 cm³/mol. The second-order valence-electron chi connectivity index (χ2n) is 9.09. The molecule has 1 aliphatic carbocycles. The van der Waals surface area contributed by atoms with Crippen LogP contribution in [0.3, 0.4) is 0 Å². The lowest BCUT2D eigenvalue weighted by atomic mass is 10.1. The van der Waals surface area contributed by atoms with E-state index in [9.17, 15) is 19.2 Å². The Labute approximate surface area is 196 Å². The number of hydrogen-bond donors (Lipinski definition) is 4. The van der Waals surface area contributed by atoms with Crippen molar-refractivity contribution in [3.8, 4) is 0 Å². The van der Waals surface area contributed by atoms with Gasteiger partial charge >= 0.3 is 7.60 Å². The lowest BCUT2D eigenvalue weighted by Gasteiger charge is -2.36. The maximum Gasteiger partial charge on any atom is 0.328 e. The van der Waals surface area contributed by atoms with Gasteiger partial charge in [0.15, 0.2) is 24.2 Å². The van der Waals surface area contributed by atoms with E-state index < -0.39 is 55.4 Å². The average molecular weight is 521 g/mol. The molecular weight excluding hydrogens is 492 g/mol. The molecule has 0 bridgehead atoms. The second kappa shape index (κ2) is 8.58. The molecule has 3 heterocycles. The smallest absolute Gasteiger partial charge is 0.328 e. The number of nitrogens with zero attached hydrogens (tertiary/aromatic N) is 4. The lowest BCUT2D eigenvalue weighted by molar-refractivity contribution is -0.0525. The van der Waals surface area contributed by atoms with E-state index in [0.29, 0.717) is 17.6 Å². The summed E-state index contributed by atoms with van der Waals surface area (Å²) in [6.45, 7) is 2.21. The number of rotatable bonds is 8. The highest BCUT2D eigenvalue weighted by Gasteiger charge is 2.62. The zero-order valence-corrected chi connectivity index (χ0v) is 21.3. The van der Waals surface area contributed by atoms with Crippen LogP contribution in [0.15, 0.2) is 12.7 Å². The van der Waals surface area contributed by atoms with Crippen LogP contribution in [0.4, 0.5) is 5.82 Å². The molecule has 2 aliphatic rings. The lowest BCUT2D eigenvalue weighted by Crippen LogP contribution is -2.38. The molecule has 0 radical (unpaired) electrons. The molecule has 12 nitrogen and oxygen atoms in total. The van der Waals surface area contributed by atoms with Crippen LogP contribution in [-0.2, 0) is 30.4 Å². The largest absolute Gasteiger partial charge is 0.382 e. The molecule has 33 heavy (non-hydrogen) atoms. The SMILES string of the molecule is CCC(C)(C)P(O)(=S)OC1C(C2CC2P(=O)(O)O)OC(n2cnc3c(N)ncnc32)C1OC. The molecule has 2 aromatic heterocycles. The predicted octanol–water partition coefficient (Wildman–Crippen LogP) is 1.76. The van der Waals surface area contributed by atoms with E-state index in [4.69, 9.17) is 31.5 Å². The summed E-state index contributed by atoms with van der Waals surface area (Å²) in [7, 11) is -2.84. The fraction of sp³-hybridized carbons (Fsp3) is 0.722. The summed E-state index contributed by atoms with van der Waals surface area (Å²) in [6, 6.07) is 0. The van der Waals surface area contributed by atoms with E-state index in [-0.39, 0.29) is 12.2 Å². The van der Waals surface area contributed by atoms with Crippen molar-refractivity contribution in [2.24, 2.45) is 5.92 Å². The summed E-state index contributed by atoms with van der Waals surface area (Å²) in [5.41, 5.74) is 5.85. The van der Waals surface area contributed by atoms with E-state index in [1.807, 2.05) is 20.8 Å². The summed E-state index contributed by atoms with van der Waals surface area (Å²) in [5, 5.41) is -0.682. The van der Waals surface area contributed by atoms with Gasteiger partial charge in [-0.15, -0.1) is 0 Å². The van der Waals surface area contributed by atoms with Gasteiger partial charge in [-0.1, -0.05) is 20.8 Å². The van der Waals surface area contributed by atoms with Crippen LogP contribution in [0.5, 0.6) is 0 Å². The molecule has 5 N–H and O–H groups in total. The highest BCUT2D eigenvalue weighted by atomic mass is 32.5. The van der Waals surface area contributed by atoms with Crippen molar-refractivity contribution in [2.45, 2.75) is 69.0 Å². The standard InChI is InChI=1S/C18H29N5O7P2S/c1-5-18(2,3)32(27,33)30-13-12(9-6-10(9)31(24,25)26)29-17(14(13)28-4)23-8-22-11-15(19)20-7-21-16(11)23/h7-10,12-14,17H,5-6H2,1-4H3,(H,27,33)(H2,19,20,21)(H2,24,25,26). The number of imidazole rings is 1. The average Bonchev–Trinajstić information content (AvgIpc) is 3.31. The highest BCUT2D eigenvalue weighted by molar-refractivity contribution is 8.10. The van der Waals surface area contributed by atoms with E-state index in [1.54, 1.807) is 4.57 Å². The van der Waals surface area contributed by atoms with Crippen LogP contribution >= 0.6 is 14.1 Å². The molecule has 15 heteroatoms. The number of ether oxygens (including phenoxy) is 2. The van der Waals surface area contributed by atoms with Crippen LogP contribution in [0.2, 0.25) is 0 Å². The molecule has 7 unspecified atom stereocenters. The van der Waals surface area contributed by atoms with E-state index in [0.717, 1.165) is 0 Å². The van der Waals surface area contributed by atoms with E-state index >= 15 is 0 Å². The molecule has 1 saturated carbocycles. The molecule has 184 valence electrons. The van der Waals surface area contributed by atoms with Gasteiger partial charge < -0.3 is 34.4 Å². The molecule has 2 aromatic rings. The molecule has 7 atom stereocenters. The molecule has 0 aromatic carbocycles. The number of aromatic nitrogens is 4. The molecule has 0 amide bonds. The Morgan fingerprint density at radius 3 is 2.58 bits per heavy atom. The maximum absolute atomic E-state index is 11.9. The highest BCUT2D eigenvalue weighted by Crippen LogP contribution is 2.64. The summed E-state index contributed by atoms with van der Waals surface area (Å²) in [4.78, 5) is 43.0. The van der Waals surface area contributed by atoms with Crippen LogP contribution in [-0.4, -0.2) is 70.4 Å². The van der Waals surface area contributed by atoms with Gasteiger partial charge in [0.1, 0.15) is 24.1 Å². The van der Waals surface area contributed by atoms with Crippen molar-refractivity contribution in [3.05, 3.63) is 12.7 Å². The molecule has 2 fully saturated rings. The first-order chi connectivity index (χ1) is 15.3. The summed E-state index contributed by atoms with van der Waals surface area (Å²) >= 11 is 5.54. The van der Waals surface area contributed by atoms with Crippen LogP contribution in [0.1, 0.15) is 39.8 Å². The second-order valence-corrected chi connectivity index (χ2v) is 14.9. The van der Waals surface area contributed by atoms with E-state index in [2.05, 4.69) is 15.0 Å². The number of nitrogen functional groups attached to an aromatic ring is 1. The number of hydrogen-bond acceptors (Lipinski definition) is 9. The zero-order chi connectivity index (χ0) is 24.3. The molecular formula is C18H29N5O7P2S. The number of fused-ring (bicyclic) bond motifs is 1. The van der Waals surface area contributed by atoms with Gasteiger partial charge in [0, 0.05) is 18.2 Å². The van der Waals surface area contributed by atoms with Crippen molar-refractivity contribution < 1.29 is 33.2 Å². The van der Waals surface area contributed by atoms with Gasteiger partial charge in [0.05, 0.1) is 18.1 Å². The first-order valence-corrected chi connectivity index (χ1v) is 14.9. The molecule has 4 rings (SSSR count). The molecule has 1 aliphatic heterocycles. The monoisotopic (exact) mass is 521 g/mol. The maximum atomic E-state index is 11.9. The third kappa shape index (κ3) is 4.39. The Balaban J connectivity index is 1.74. The number of nitrogens with two attached hydrogens (primary N) is 1. The van der Waals surface area contributed by atoms with Crippen LogP contribution in [0, 0.1) is 5.92 Å². The quantitative estimate of drug-likeness (QED) is 0.371. The van der Waals surface area contributed by atoms with Gasteiger partial charge in [0.25, 0.3) is 0 Å². The first-order valence-electron chi connectivity index (χ1n) is 10.5. The van der Waals surface area contributed by atoms with Crippen molar-refractivity contribution in [2.75, 3.05) is 12.8 Å². The molecule has 1 saturated heterocycles. The van der Waals surface area contributed by atoms with Crippen LogP contribution in [0.25, 0.3) is 11.2 Å². The van der Waals surface area contributed by atoms with Crippen molar-refractivity contribution in [1.29, 1.82) is 0 Å². The fourth-order valence-corrected chi connectivity index (χ4v) is 7.23. The Morgan fingerprint density at radius 2 is 2.00 bits per heavy atom. The minimum Gasteiger partial charge on any atom is -0.382 e. The topological polar surface area (TPSA) is 175 Å². The van der Waals surface area contributed by atoms with Crippen molar-refractivity contribution >= 4 is 42.9 Å². The first kappa shape index (κ1) is 25.1. The van der Waals surface area contributed by atoms with E-state index in [1.165, 1.54) is 19.8 Å². The Hall–Kier alpha value is -1.01. The third-order valence-electron chi connectivity index (χ3n) is 6.71. The number of anilines is 1. The summed E-state index contributed by atoms with van der Waals surface area (Å²) in [6.07, 6.45) is 0.451. The van der Waals surface area contributed by atoms with Gasteiger partial charge in [-0.2, -0.15) is 0 Å². The Morgan fingerprint density at radius 1 is 1.30 bits per heavy atom. The Bertz CT molecular complexity index is 1140.